The van der Waals surface area contributed by atoms with Crippen molar-refractivity contribution < 1.29 is 9.53 Å². The summed E-state index contributed by atoms with van der Waals surface area (Å²) in [5.74, 6) is 1.81. The summed E-state index contributed by atoms with van der Waals surface area (Å²) in [6.45, 7) is 2.43. The van der Waals surface area contributed by atoms with Gasteiger partial charge in [0.05, 0.1) is 5.02 Å². The smallest absolute Gasteiger partial charge is 0.261 e. The van der Waals surface area contributed by atoms with Crippen LogP contribution in [0.2, 0.25) is 15.1 Å². The number of carbonyl (C=O) groups is 1. The zero-order valence-corrected chi connectivity index (χ0v) is 17.4. The third kappa shape index (κ3) is 6.27. The second kappa shape index (κ2) is 10.9. The van der Waals surface area contributed by atoms with Crippen molar-refractivity contribution in [1.29, 1.82) is 0 Å². The zero-order chi connectivity index (χ0) is 18.9. The minimum Gasteiger partial charge on any atom is -0.479 e. The summed E-state index contributed by atoms with van der Waals surface area (Å²) in [7, 11) is 0. The van der Waals surface area contributed by atoms with Gasteiger partial charge in [0.25, 0.3) is 5.91 Å². The second-order valence-corrected chi connectivity index (χ2v) is 7.82. The lowest BCUT2D eigenvalue weighted by Gasteiger charge is -2.18. The molecule has 3 nitrogen and oxygen atoms in total. The topological polar surface area (TPSA) is 38.3 Å². The van der Waals surface area contributed by atoms with Crippen LogP contribution in [0.25, 0.3) is 0 Å². The number of halogens is 3. The average Bonchev–Trinajstić information content (AvgIpc) is 2.62. The fraction of sp³-hybridized carbons (Fsp3) is 0.316. The lowest BCUT2D eigenvalue weighted by atomic mass is 10.2. The molecule has 1 atom stereocenters. The van der Waals surface area contributed by atoms with E-state index in [1.807, 2.05) is 37.3 Å². The molecule has 0 aliphatic rings. The van der Waals surface area contributed by atoms with Crippen LogP contribution in [0.5, 0.6) is 5.75 Å². The molecule has 0 aliphatic carbocycles. The Morgan fingerprint density at radius 2 is 1.73 bits per heavy atom. The van der Waals surface area contributed by atoms with Gasteiger partial charge in [0, 0.05) is 28.1 Å². The molecule has 7 heteroatoms. The molecule has 0 spiro atoms. The summed E-state index contributed by atoms with van der Waals surface area (Å²) in [6.07, 6.45) is -0.0164. The summed E-state index contributed by atoms with van der Waals surface area (Å²) in [5, 5.41) is 4.71. The Morgan fingerprint density at radius 3 is 2.38 bits per heavy atom. The van der Waals surface area contributed by atoms with E-state index in [-0.39, 0.29) is 5.91 Å². The van der Waals surface area contributed by atoms with E-state index in [1.165, 1.54) is 0 Å². The van der Waals surface area contributed by atoms with E-state index in [4.69, 9.17) is 39.5 Å². The van der Waals surface area contributed by atoms with E-state index in [1.54, 1.807) is 23.9 Å². The van der Waals surface area contributed by atoms with Gasteiger partial charge in [-0.05, 0) is 36.2 Å². The number of nitrogens with one attached hydrogen (secondary N) is 1. The Morgan fingerprint density at radius 1 is 1.08 bits per heavy atom. The third-order valence-electron chi connectivity index (χ3n) is 3.62. The van der Waals surface area contributed by atoms with E-state index in [0.29, 0.717) is 39.5 Å². The molecule has 0 aliphatic heterocycles. The molecule has 2 rings (SSSR count). The fourth-order valence-corrected chi connectivity index (χ4v) is 4.00. The molecule has 1 amide bonds. The van der Waals surface area contributed by atoms with Gasteiger partial charge < -0.3 is 10.1 Å². The number of para-hydroxylation sites is 1. The van der Waals surface area contributed by atoms with Gasteiger partial charge in [-0.15, -0.1) is 0 Å². The summed E-state index contributed by atoms with van der Waals surface area (Å²) < 4.78 is 5.73. The molecule has 26 heavy (non-hydrogen) atoms. The number of amides is 1. The second-order valence-electron chi connectivity index (χ2n) is 5.49. The highest BCUT2D eigenvalue weighted by Gasteiger charge is 2.18. The highest BCUT2D eigenvalue weighted by Crippen LogP contribution is 2.28. The lowest BCUT2D eigenvalue weighted by Crippen LogP contribution is -2.39. The summed E-state index contributed by atoms with van der Waals surface area (Å²) in [6, 6.07) is 12.6. The fourth-order valence-electron chi connectivity index (χ4n) is 2.22. The normalized spacial score (nSPS) is 11.8. The van der Waals surface area contributed by atoms with Crippen LogP contribution in [0.1, 0.15) is 18.9 Å². The molecular formula is C19H20Cl3NO2S. The van der Waals surface area contributed by atoms with Crippen LogP contribution in [0.4, 0.5) is 0 Å². The number of hydrogen-bond acceptors (Lipinski definition) is 3. The van der Waals surface area contributed by atoms with Gasteiger partial charge in [-0.1, -0.05) is 59.9 Å². The molecule has 2 aromatic rings. The summed E-state index contributed by atoms with van der Waals surface area (Å²) in [5.41, 5.74) is 0.917. The SMILES string of the molecule is CCC(Oc1ccccc1Cl)C(=O)NCCSCc1c(Cl)cccc1Cl. The number of carbonyl (C=O) groups excluding carboxylic acids is 1. The van der Waals surface area contributed by atoms with Crippen LogP contribution >= 0.6 is 46.6 Å². The Balaban J connectivity index is 1.76. The summed E-state index contributed by atoms with van der Waals surface area (Å²) in [4.78, 5) is 12.3. The monoisotopic (exact) mass is 431 g/mol. The molecule has 1 unspecified atom stereocenters. The van der Waals surface area contributed by atoms with Gasteiger partial charge in [-0.25, -0.2) is 0 Å². The maximum absolute atomic E-state index is 12.3. The van der Waals surface area contributed by atoms with Crippen LogP contribution in [0.3, 0.4) is 0 Å². The first-order valence-electron chi connectivity index (χ1n) is 8.22. The first-order valence-corrected chi connectivity index (χ1v) is 10.5. The zero-order valence-electron chi connectivity index (χ0n) is 14.3. The third-order valence-corrected chi connectivity index (χ3v) is 5.63. The number of ether oxygens (including phenoxy) is 1. The van der Waals surface area contributed by atoms with Crippen LogP contribution in [-0.2, 0) is 10.5 Å². The number of thioether (sulfide) groups is 1. The average molecular weight is 433 g/mol. The lowest BCUT2D eigenvalue weighted by molar-refractivity contribution is -0.127. The molecule has 0 fully saturated rings. The van der Waals surface area contributed by atoms with Gasteiger partial charge in [0.1, 0.15) is 5.75 Å². The molecular weight excluding hydrogens is 413 g/mol. The highest BCUT2D eigenvalue weighted by molar-refractivity contribution is 7.98. The predicted molar refractivity (Wildman–Crippen MR) is 112 cm³/mol. The highest BCUT2D eigenvalue weighted by atomic mass is 35.5. The van der Waals surface area contributed by atoms with Crippen molar-refractivity contribution in [2.24, 2.45) is 0 Å². The van der Waals surface area contributed by atoms with Crippen molar-refractivity contribution in [3.63, 3.8) is 0 Å². The van der Waals surface area contributed by atoms with Gasteiger partial charge in [0.2, 0.25) is 0 Å². The first kappa shape index (κ1) is 21.2. The maximum atomic E-state index is 12.3. The van der Waals surface area contributed by atoms with Crippen molar-refractivity contribution in [3.8, 4) is 5.75 Å². The minimum absolute atomic E-state index is 0.149. The number of rotatable bonds is 9. The molecule has 0 heterocycles. The van der Waals surface area contributed by atoms with Crippen LogP contribution < -0.4 is 10.1 Å². The maximum Gasteiger partial charge on any atom is 0.261 e. The minimum atomic E-state index is -0.571. The number of hydrogen-bond donors (Lipinski definition) is 1. The Bertz CT molecular complexity index is 722. The van der Waals surface area contributed by atoms with Gasteiger partial charge >= 0.3 is 0 Å². The van der Waals surface area contributed by atoms with E-state index in [9.17, 15) is 4.79 Å². The van der Waals surface area contributed by atoms with E-state index >= 15 is 0 Å². The van der Waals surface area contributed by atoms with Crippen molar-refractivity contribution in [3.05, 3.63) is 63.1 Å². The van der Waals surface area contributed by atoms with Crippen molar-refractivity contribution in [2.45, 2.75) is 25.2 Å². The molecule has 0 saturated carbocycles. The van der Waals surface area contributed by atoms with Gasteiger partial charge in [0.15, 0.2) is 6.10 Å². The van der Waals surface area contributed by atoms with Crippen LogP contribution in [0, 0.1) is 0 Å². The molecule has 1 N–H and O–H groups in total. The molecule has 0 radical (unpaired) electrons. The largest absolute Gasteiger partial charge is 0.479 e. The molecule has 140 valence electrons. The molecule has 2 aromatic carbocycles. The van der Waals surface area contributed by atoms with Crippen LogP contribution in [0.15, 0.2) is 42.5 Å². The molecule has 0 aromatic heterocycles. The first-order chi connectivity index (χ1) is 12.5. The van der Waals surface area contributed by atoms with E-state index < -0.39 is 6.10 Å². The Hall–Kier alpha value is -1.07. The Labute approximate surface area is 173 Å². The molecule has 0 bridgehead atoms. The van der Waals surface area contributed by atoms with E-state index in [0.717, 1.165) is 11.3 Å². The van der Waals surface area contributed by atoms with E-state index in [2.05, 4.69) is 5.32 Å². The van der Waals surface area contributed by atoms with Crippen molar-refractivity contribution in [2.75, 3.05) is 12.3 Å². The van der Waals surface area contributed by atoms with Gasteiger partial charge in [-0.2, -0.15) is 11.8 Å². The van der Waals surface area contributed by atoms with Crippen LogP contribution in [-0.4, -0.2) is 24.3 Å². The van der Waals surface area contributed by atoms with Gasteiger partial charge in [-0.3, -0.25) is 4.79 Å². The van der Waals surface area contributed by atoms with Crippen molar-refractivity contribution >= 4 is 52.5 Å². The standard InChI is InChI=1S/C19H20Cl3NO2S/c1-2-17(25-18-9-4-3-6-16(18)22)19(24)23-10-11-26-12-13-14(20)7-5-8-15(13)21/h3-9,17H,2,10-12H2,1H3,(H,23,24). The van der Waals surface area contributed by atoms with Crippen molar-refractivity contribution in [1.82, 2.24) is 5.32 Å². The molecule has 0 saturated heterocycles. The summed E-state index contributed by atoms with van der Waals surface area (Å²) >= 11 is 20.0. The predicted octanol–water partition coefficient (Wildman–Crippen LogP) is 5.85. The number of benzene rings is 2. The Kier molecular flexibility index (Phi) is 8.93. The quantitative estimate of drug-likeness (QED) is 0.505.